The number of nitrogens with one attached hydrogen (secondary N) is 1. The minimum Gasteiger partial charge on any atom is -0.291 e. The van der Waals surface area contributed by atoms with Gasteiger partial charge in [-0.25, -0.2) is 4.39 Å². The van der Waals surface area contributed by atoms with Crippen molar-refractivity contribution < 1.29 is 9.60 Å². The van der Waals surface area contributed by atoms with E-state index >= 15 is 0 Å². The summed E-state index contributed by atoms with van der Waals surface area (Å²) in [5.74, 6) is -0.545. The lowest BCUT2D eigenvalue weighted by atomic mass is 10.0. The van der Waals surface area contributed by atoms with Gasteiger partial charge in [0.05, 0.1) is 10.0 Å². The normalized spacial score (nSPS) is 10.4. The van der Waals surface area contributed by atoms with Crippen molar-refractivity contribution in [1.29, 1.82) is 0 Å². The zero-order chi connectivity index (χ0) is 12.4. The first-order valence-electron chi connectivity index (χ1n) is 4.77. The second-order valence-electron chi connectivity index (χ2n) is 3.40. The van der Waals surface area contributed by atoms with Crippen LogP contribution in [0.3, 0.4) is 0 Å². The third-order valence-corrected chi connectivity index (χ3v) is 3.10. The number of para-hydroxylation sites is 1. The molecule has 0 radical (unpaired) electrons. The molecule has 2 aromatic rings. The fourth-order valence-electron chi connectivity index (χ4n) is 1.54. The predicted octanol–water partition coefficient (Wildman–Crippen LogP) is 4.60. The molecule has 0 heterocycles. The van der Waals surface area contributed by atoms with Crippen LogP contribution in [0.5, 0.6) is 0 Å². The molecule has 0 saturated heterocycles. The van der Waals surface area contributed by atoms with Gasteiger partial charge in [0, 0.05) is 5.56 Å². The van der Waals surface area contributed by atoms with Crippen LogP contribution < -0.4 is 5.48 Å². The van der Waals surface area contributed by atoms with Gasteiger partial charge in [0.2, 0.25) is 0 Å². The zero-order valence-corrected chi connectivity index (χ0v) is 10.1. The van der Waals surface area contributed by atoms with E-state index in [2.05, 4.69) is 0 Å². The van der Waals surface area contributed by atoms with Gasteiger partial charge in [-0.1, -0.05) is 41.4 Å². The molecule has 0 aliphatic heterocycles. The Morgan fingerprint density at radius 2 is 1.82 bits per heavy atom. The Balaban J connectivity index is 2.60. The molecular formula is C12H8Cl2FNO. The van der Waals surface area contributed by atoms with Crippen molar-refractivity contribution in [2.24, 2.45) is 0 Å². The Labute approximate surface area is 108 Å². The zero-order valence-electron chi connectivity index (χ0n) is 8.55. The second-order valence-corrected chi connectivity index (χ2v) is 4.22. The van der Waals surface area contributed by atoms with E-state index in [1.807, 2.05) is 5.48 Å². The van der Waals surface area contributed by atoms with Crippen LogP contribution in [-0.2, 0) is 0 Å². The van der Waals surface area contributed by atoms with Crippen LogP contribution in [0, 0.1) is 5.82 Å². The monoisotopic (exact) mass is 271 g/mol. The summed E-state index contributed by atoms with van der Waals surface area (Å²) in [6.45, 7) is 0. The molecule has 17 heavy (non-hydrogen) atoms. The summed E-state index contributed by atoms with van der Waals surface area (Å²) in [6.07, 6.45) is 0. The van der Waals surface area contributed by atoms with E-state index in [0.717, 1.165) is 0 Å². The summed E-state index contributed by atoms with van der Waals surface area (Å²) in [6, 6.07) is 9.39. The number of halogens is 3. The molecule has 2 nitrogen and oxygen atoms in total. The molecule has 0 atom stereocenters. The molecule has 5 heteroatoms. The maximum Gasteiger partial charge on any atom is 0.149 e. The van der Waals surface area contributed by atoms with Gasteiger partial charge in [-0.2, -0.15) is 0 Å². The van der Waals surface area contributed by atoms with Crippen LogP contribution >= 0.6 is 23.2 Å². The molecule has 88 valence electrons. The largest absolute Gasteiger partial charge is 0.291 e. The molecule has 0 amide bonds. The standard InChI is InChI=1S/C12H8Cl2FNO/c13-9-5-4-7(6-10(9)14)8-2-1-3-11(15)12(8)16-17/h1-6,16-17H. The summed E-state index contributed by atoms with van der Waals surface area (Å²) in [5, 5.41) is 9.73. The molecule has 0 aliphatic rings. The van der Waals surface area contributed by atoms with Crippen LogP contribution in [0.2, 0.25) is 10.0 Å². The van der Waals surface area contributed by atoms with Gasteiger partial charge in [0.1, 0.15) is 11.5 Å². The first kappa shape index (κ1) is 12.2. The van der Waals surface area contributed by atoms with E-state index < -0.39 is 5.82 Å². The van der Waals surface area contributed by atoms with Gasteiger partial charge in [-0.15, -0.1) is 0 Å². The molecular weight excluding hydrogens is 264 g/mol. The maximum atomic E-state index is 13.4. The van der Waals surface area contributed by atoms with Gasteiger partial charge in [-0.05, 0) is 23.8 Å². The van der Waals surface area contributed by atoms with E-state index in [0.29, 0.717) is 21.2 Å². The van der Waals surface area contributed by atoms with E-state index in [-0.39, 0.29) is 5.69 Å². The molecule has 0 bridgehead atoms. The van der Waals surface area contributed by atoms with Crippen molar-refractivity contribution in [3.63, 3.8) is 0 Å². The topological polar surface area (TPSA) is 32.3 Å². The summed E-state index contributed by atoms with van der Waals surface area (Å²) in [7, 11) is 0. The number of benzene rings is 2. The van der Waals surface area contributed by atoms with E-state index in [1.54, 1.807) is 30.3 Å². The van der Waals surface area contributed by atoms with Gasteiger partial charge < -0.3 is 0 Å². The van der Waals surface area contributed by atoms with Gasteiger partial charge in [-0.3, -0.25) is 10.7 Å². The van der Waals surface area contributed by atoms with E-state index in [4.69, 9.17) is 28.4 Å². The van der Waals surface area contributed by atoms with E-state index in [9.17, 15) is 4.39 Å². The Kier molecular flexibility index (Phi) is 3.52. The van der Waals surface area contributed by atoms with Crippen molar-refractivity contribution in [3.05, 3.63) is 52.3 Å². The molecule has 0 saturated carbocycles. The maximum absolute atomic E-state index is 13.4. The fourth-order valence-corrected chi connectivity index (χ4v) is 1.84. The SMILES string of the molecule is ONc1c(F)cccc1-c1ccc(Cl)c(Cl)c1. The lowest BCUT2D eigenvalue weighted by Gasteiger charge is -2.10. The molecule has 2 aromatic carbocycles. The Morgan fingerprint density at radius 1 is 1.06 bits per heavy atom. The number of hydrogen-bond acceptors (Lipinski definition) is 2. The van der Waals surface area contributed by atoms with Crippen molar-refractivity contribution in [3.8, 4) is 11.1 Å². The third kappa shape index (κ3) is 2.36. The third-order valence-electron chi connectivity index (χ3n) is 2.36. The average molecular weight is 272 g/mol. The Morgan fingerprint density at radius 3 is 2.47 bits per heavy atom. The lowest BCUT2D eigenvalue weighted by Crippen LogP contribution is -1.96. The quantitative estimate of drug-likeness (QED) is 0.783. The highest BCUT2D eigenvalue weighted by atomic mass is 35.5. The average Bonchev–Trinajstić information content (AvgIpc) is 2.32. The predicted molar refractivity (Wildman–Crippen MR) is 67.3 cm³/mol. The highest BCUT2D eigenvalue weighted by molar-refractivity contribution is 6.42. The first-order valence-corrected chi connectivity index (χ1v) is 5.53. The van der Waals surface area contributed by atoms with Crippen molar-refractivity contribution in [1.82, 2.24) is 0 Å². The molecule has 0 fully saturated rings. The summed E-state index contributed by atoms with van der Waals surface area (Å²) in [5.41, 5.74) is 3.02. The van der Waals surface area contributed by atoms with Crippen LogP contribution in [0.4, 0.5) is 10.1 Å². The fraction of sp³-hybridized carbons (Fsp3) is 0. The number of rotatable bonds is 2. The van der Waals surface area contributed by atoms with Crippen molar-refractivity contribution >= 4 is 28.9 Å². The molecule has 0 unspecified atom stereocenters. The summed E-state index contributed by atoms with van der Waals surface area (Å²) >= 11 is 11.7. The smallest absolute Gasteiger partial charge is 0.149 e. The second kappa shape index (κ2) is 4.92. The Bertz CT molecular complexity index is 560. The molecule has 0 aromatic heterocycles. The van der Waals surface area contributed by atoms with Crippen molar-refractivity contribution in [2.75, 3.05) is 5.48 Å². The van der Waals surface area contributed by atoms with Crippen LogP contribution in [0.25, 0.3) is 11.1 Å². The molecule has 0 spiro atoms. The van der Waals surface area contributed by atoms with Gasteiger partial charge >= 0.3 is 0 Å². The van der Waals surface area contributed by atoms with Gasteiger partial charge in [0.15, 0.2) is 0 Å². The van der Waals surface area contributed by atoms with Gasteiger partial charge in [0.25, 0.3) is 0 Å². The van der Waals surface area contributed by atoms with Crippen LogP contribution in [0.15, 0.2) is 36.4 Å². The number of hydrogen-bond donors (Lipinski definition) is 2. The molecule has 2 N–H and O–H groups in total. The van der Waals surface area contributed by atoms with Crippen LogP contribution in [-0.4, -0.2) is 5.21 Å². The minimum atomic E-state index is -0.545. The highest BCUT2D eigenvalue weighted by Crippen LogP contribution is 2.33. The molecule has 2 rings (SSSR count). The number of anilines is 1. The van der Waals surface area contributed by atoms with Crippen LogP contribution in [0.1, 0.15) is 0 Å². The highest BCUT2D eigenvalue weighted by Gasteiger charge is 2.10. The summed E-state index contributed by atoms with van der Waals surface area (Å²) in [4.78, 5) is 0. The summed E-state index contributed by atoms with van der Waals surface area (Å²) < 4.78 is 13.4. The first-order chi connectivity index (χ1) is 8.13. The molecule has 0 aliphatic carbocycles. The Hall–Kier alpha value is -1.29. The minimum absolute atomic E-state index is 0.00545. The van der Waals surface area contributed by atoms with Crippen molar-refractivity contribution in [2.45, 2.75) is 0 Å². The lowest BCUT2D eigenvalue weighted by molar-refractivity contribution is 0.384. The van der Waals surface area contributed by atoms with E-state index in [1.165, 1.54) is 6.07 Å².